The molecule has 0 saturated carbocycles. The van der Waals surface area contributed by atoms with Crippen LogP contribution >= 0.6 is 11.3 Å². The number of anilines is 2. The van der Waals surface area contributed by atoms with Gasteiger partial charge in [-0.05, 0) is 49.6 Å². The molecule has 0 spiro atoms. The number of nitrogens with one attached hydrogen (secondary N) is 1. The van der Waals surface area contributed by atoms with Crippen molar-refractivity contribution in [2.45, 2.75) is 19.8 Å². The first kappa shape index (κ1) is 18.2. The maximum atomic E-state index is 12.7. The third-order valence-electron chi connectivity index (χ3n) is 5.48. The number of aromatic nitrogens is 1. The Kier molecular flexibility index (Phi) is 4.75. The van der Waals surface area contributed by atoms with Crippen LogP contribution in [0.2, 0.25) is 0 Å². The zero-order valence-corrected chi connectivity index (χ0v) is 17.1. The lowest BCUT2D eigenvalue weighted by Crippen LogP contribution is -2.38. The van der Waals surface area contributed by atoms with Crippen molar-refractivity contribution in [3.8, 4) is 11.5 Å². The Morgan fingerprint density at radius 1 is 1.10 bits per heavy atom. The van der Waals surface area contributed by atoms with Crippen molar-refractivity contribution in [3.63, 3.8) is 0 Å². The smallest absolute Gasteiger partial charge is 0.227 e. The van der Waals surface area contributed by atoms with Crippen molar-refractivity contribution in [2.75, 3.05) is 36.5 Å². The van der Waals surface area contributed by atoms with Crippen LogP contribution in [-0.4, -0.2) is 37.2 Å². The topological polar surface area (TPSA) is 63.7 Å². The van der Waals surface area contributed by atoms with E-state index in [0.29, 0.717) is 19.0 Å². The van der Waals surface area contributed by atoms with Crippen LogP contribution < -0.4 is 19.7 Å². The number of aryl methyl sites for hydroxylation is 1. The Morgan fingerprint density at radius 3 is 2.72 bits per heavy atom. The number of piperidine rings is 1. The van der Waals surface area contributed by atoms with Gasteiger partial charge in [0.1, 0.15) is 13.2 Å². The van der Waals surface area contributed by atoms with E-state index in [1.807, 2.05) is 18.2 Å². The van der Waals surface area contributed by atoms with Crippen molar-refractivity contribution in [3.05, 3.63) is 42.0 Å². The van der Waals surface area contributed by atoms with Crippen molar-refractivity contribution < 1.29 is 14.3 Å². The second-order valence-corrected chi connectivity index (χ2v) is 8.59. The molecule has 2 aromatic carbocycles. The van der Waals surface area contributed by atoms with Crippen molar-refractivity contribution in [1.82, 2.24) is 4.98 Å². The van der Waals surface area contributed by atoms with Gasteiger partial charge in [-0.1, -0.05) is 17.4 Å². The van der Waals surface area contributed by atoms with Crippen molar-refractivity contribution in [2.24, 2.45) is 5.92 Å². The highest BCUT2D eigenvalue weighted by atomic mass is 32.1. The van der Waals surface area contributed by atoms with E-state index in [-0.39, 0.29) is 11.8 Å². The van der Waals surface area contributed by atoms with Gasteiger partial charge in [0.05, 0.1) is 10.2 Å². The average molecular weight is 410 g/mol. The van der Waals surface area contributed by atoms with Crippen LogP contribution in [0.5, 0.6) is 11.5 Å². The average Bonchev–Trinajstić information content (AvgIpc) is 3.17. The minimum atomic E-state index is 0.0103. The molecule has 29 heavy (non-hydrogen) atoms. The molecular formula is C22H23N3O3S. The van der Waals surface area contributed by atoms with Gasteiger partial charge in [-0.15, -0.1) is 0 Å². The number of carbonyl (C=O) groups is 1. The Balaban J connectivity index is 1.21. The number of rotatable bonds is 3. The summed E-state index contributed by atoms with van der Waals surface area (Å²) in [6.07, 6.45) is 1.65. The summed E-state index contributed by atoms with van der Waals surface area (Å²) in [5.74, 6) is 1.50. The van der Waals surface area contributed by atoms with Gasteiger partial charge in [-0.2, -0.15) is 0 Å². The molecule has 1 saturated heterocycles. The minimum Gasteiger partial charge on any atom is -0.486 e. The monoisotopic (exact) mass is 409 g/mol. The van der Waals surface area contributed by atoms with Gasteiger partial charge in [0.15, 0.2) is 16.6 Å². The van der Waals surface area contributed by atoms with Gasteiger partial charge in [-0.25, -0.2) is 4.98 Å². The normalized spacial score (nSPS) is 16.8. The first-order chi connectivity index (χ1) is 14.2. The number of hydrogen-bond donors (Lipinski definition) is 1. The maximum absolute atomic E-state index is 12.7. The molecule has 0 unspecified atom stereocenters. The maximum Gasteiger partial charge on any atom is 0.227 e. The molecule has 1 aromatic heterocycles. The van der Waals surface area contributed by atoms with Crippen LogP contribution in [0.4, 0.5) is 10.8 Å². The zero-order chi connectivity index (χ0) is 19.8. The van der Waals surface area contributed by atoms with Gasteiger partial charge >= 0.3 is 0 Å². The Hall–Kier alpha value is -2.80. The number of nitrogens with zero attached hydrogens (tertiary/aromatic N) is 2. The summed E-state index contributed by atoms with van der Waals surface area (Å²) in [6.45, 7) is 4.89. The molecule has 0 atom stereocenters. The number of ether oxygens (including phenoxy) is 2. The summed E-state index contributed by atoms with van der Waals surface area (Å²) in [5.41, 5.74) is 3.06. The predicted molar refractivity (Wildman–Crippen MR) is 115 cm³/mol. The third-order valence-corrected chi connectivity index (χ3v) is 6.56. The molecule has 3 aromatic rings. The van der Waals surface area contributed by atoms with Gasteiger partial charge in [0.25, 0.3) is 0 Å². The number of fused-ring (bicyclic) bond motifs is 2. The molecular weight excluding hydrogens is 386 g/mol. The predicted octanol–water partition coefficient (Wildman–Crippen LogP) is 4.23. The van der Waals surface area contributed by atoms with E-state index < -0.39 is 0 Å². The van der Waals surface area contributed by atoms with Gasteiger partial charge in [0, 0.05) is 30.8 Å². The second-order valence-electron chi connectivity index (χ2n) is 7.58. The van der Waals surface area contributed by atoms with Gasteiger partial charge in [0.2, 0.25) is 5.91 Å². The lowest BCUT2D eigenvalue weighted by Gasteiger charge is -2.31. The fourth-order valence-corrected chi connectivity index (χ4v) is 4.97. The van der Waals surface area contributed by atoms with Crippen molar-refractivity contribution in [1.29, 1.82) is 0 Å². The number of benzene rings is 2. The molecule has 7 heteroatoms. The molecule has 2 aliphatic rings. The highest BCUT2D eigenvalue weighted by molar-refractivity contribution is 7.22. The van der Waals surface area contributed by atoms with Crippen molar-refractivity contribution >= 4 is 38.3 Å². The summed E-state index contributed by atoms with van der Waals surface area (Å²) in [7, 11) is 0. The van der Waals surface area contributed by atoms with E-state index in [4.69, 9.17) is 14.5 Å². The SMILES string of the molecule is Cc1ccc2nc(N3CCC(C(=O)Nc4ccc5c(c4)OCCO5)CC3)sc2c1. The summed E-state index contributed by atoms with van der Waals surface area (Å²) >= 11 is 1.73. The summed E-state index contributed by atoms with van der Waals surface area (Å²) in [6, 6.07) is 11.9. The van der Waals surface area contributed by atoms with E-state index in [2.05, 4.69) is 35.3 Å². The summed E-state index contributed by atoms with van der Waals surface area (Å²) < 4.78 is 12.4. The molecule has 150 valence electrons. The highest BCUT2D eigenvalue weighted by Crippen LogP contribution is 2.34. The summed E-state index contributed by atoms with van der Waals surface area (Å²) in [5, 5.41) is 4.09. The van der Waals surface area contributed by atoms with Crippen LogP contribution in [0.25, 0.3) is 10.2 Å². The molecule has 6 nitrogen and oxygen atoms in total. The molecule has 3 heterocycles. The van der Waals surface area contributed by atoms with E-state index in [0.717, 1.165) is 48.0 Å². The fourth-order valence-electron chi connectivity index (χ4n) is 3.85. The van der Waals surface area contributed by atoms with Crippen LogP contribution in [-0.2, 0) is 4.79 Å². The van der Waals surface area contributed by atoms with E-state index >= 15 is 0 Å². The van der Waals surface area contributed by atoms with Crippen LogP contribution in [0.1, 0.15) is 18.4 Å². The van der Waals surface area contributed by atoms with Gasteiger partial charge in [-0.3, -0.25) is 4.79 Å². The first-order valence-electron chi connectivity index (χ1n) is 9.98. The number of hydrogen-bond acceptors (Lipinski definition) is 6. The van der Waals surface area contributed by atoms with E-state index in [9.17, 15) is 4.79 Å². The Morgan fingerprint density at radius 2 is 1.90 bits per heavy atom. The molecule has 1 fully saturated rings. The quantitative estimate of drug-likeness (QED) is 0.701. The zero-order valence-electron chi connectivity index (χ0n) is 16.3. The molecule has 5 rings (SSSR count). The van der Waals surface area contributed by atoms with Crippen LogP contribution in [0, 0.1) is 12.8 Å². The van der Waals surface area contributed by atoms with E-state index in [1.54, 1.807) is 11.3 Å². The highest BCUT2D eigenvalue weighted by Gasteiger charge is 2.27. The molecule has 1 amide bonds. The third kappa shape index (κ3) is 3.74. The molecule has 2 aliphatic heterocycles. The molecule has 0 aliphatic carbocycles. The first-order valence-corrected chi connectivity index (χ1v) is 10.8. The number of amides is 1. The largest absolute Gasteiger partial charge is 0.486 e. The molecule has 0 radical (unpaired) electrons. The standard InChI is InChI=1S/C22H23N3O3S/c1-14-2-4-17-20(12-14)29-22(24-17)25-8-6-15(7-9-25)21(26)23-16-3-5-18-19(13-16)28-11-10-27-18/h2-5,12-13,15H,6-11H2,1H3,(H,23,26). The fraction of sp³-hybridized carbons (Fsp3) is 0.364. The second kappa shape index (κ2) is 7.55. The molecule has 0 bridgehead atoms. The Bertz CT molecular complexity index is 1060. The summed E-state index contributed by atoms with van der Waals surface area (Å²) in [4.78, 5) is 19.8. The van der Waals surface area contributed by atoms with Crippen LogP contribution in [0.15, 0.2) is 36.4 Å². The van der Waals surface area contributed by atoms with Crippen LogP contribution in [0.3, 0.4) is 0 Å². The minimum absolute atomic E-state index is 0.0103. The number of thiazole rings is 1. The van der Waals surface area contributed by atoms with E-state index in [1.165, 1.54) is 10.3 Å². The Labute approximate surface area is 173 Å². The van der Waals surface area contributed by atoms with Gasteiger partial charge < -0.3 is 19.7 Å². The lowest BCUT2D eigenvalue weighted by atomic mass is 9.96. The number of carbonyl (C=O) groups excluding carboxylic acids is 1. The molecule has 1 N–H and O–H groups in total. The lowest BCUT2D eigenvalue weighted by molar-refractivity contribution is -0.120.